The van der Waals surface area contributed by atoms with Crippen LogP contribution in [-0.4, -0.2) is 47.4 Å². The van der Waals surface area contributed by atoms with Gasteiger partial charge in [-0.15, -0.1) is 12.4 Å². The van der Waals surface area contributed by atoms with E-state index < -0.39 is 5.97 Å². The molecule has 1 amide bonds. The van der Waals surface area contributed by atoms with E-state index in [-0.39, 0.29) is 30.7 Å². The lowest BCUT2D eigenvalue weighted by molar-refractivity contribution is -0.138. The lowest BCUT2D eigenvalue weighted by Gasteiger charge is -2.29. The van der Waals surface area contributed by atoms with E-state index in [0.717, 1.165) is 42.8 Å². The zero-order valence-corrected chi connectivity index (χ0v) is 18.6. The SMILES string of the molecule is Cl.N=C(c1ccc(C(=O)Nc2ccc3c(c2)CC(CC(=O)O)CO3)cc1)N1CCCCC1. The lowest BCUT2D eigenvalue weighted by Crippen LogP contribution is -2.35. The van der Waals surface area contributed by atoms with Gasteiger partial charge in [0, 0.05) is 35.8 Å². The third kappa shape index (κ3) is 5.59. The maximum Gasteiger partial charge on any atom is 0.303 e. The number of carbonyl (C=O) groups excluding carboxylic acids is 1. The van der Waals surface area contributed by atoms with Crippen LogP contribution < -0.4 is 10.1 Å². The van der Waals surface area contributed by atoms with Gasteiger partial charge in [-0.2, -0.15) is 0 Å². The first-order chi connectivity index (χ1) is 15.0. The number of carboxylic acids is 1. The van der Waals surface area contributed by atoms with Crippen LogP contribution >= 0.6 is 12.4 Å². The molecule has 0 aliphatic carbocycles. The van der Waals surface area contributed by atoms with Crippen LogP contribution in [0.3, 0.4) is 0 Å². The molecule has 3 N–H and O–H groups in total. The van der Waals surface area contributed by atoms with Crippen LogP contribution in [0.15, 0.2) is 42.5 Å². The number of carbonyl (C=O) groups is 2. The second kappa shape index (κ2) is 10.5. The number of nitrogens with zero attached hydrogens (tertiary/aromatic N) is 1. The third-order valence-corrected chi connectivity index (χ3v) is 5.86. The minimum Gasteiger partial charge on any atom is -0.493 e. The molecule has 170 valence electrons. The molecule has 8 heteroatoms. The van der Waals surface area contributed by atoms with Gasteiger partial charge in [0.05, 0.1) is 13.0 Å². The number of aliphatic carboxylic acids is 1. The number of hydrogen-bond donors (Lipinski definition) is 3. The number of amides is 1. The van der Waals surface area contributed by atoms with Crippen molar-refractivity contribution in [2.45, 2.75) is 32.1 Å². The van der Waals surface area contributed by atoms with Crippen LogP contribution in [0.2, 0.25) is 0 Å². The number of nitrogens with one attached hydrogen (secondary N) is 2. The van der Waals surface area contributed by atoms with Gasteiger partial charge in [-0.25, -0.2) is 0 Å². The Morgan fingerprint density at radius 2 is 1.75 bits per heavy atom. The van der Waals surface area contributed by atoms with Gasteiger partial charge in [0.1, 0.15) is 11.6 Å². The Bertz CT molecular complexity index is 987. The maximum absolute atomic E-state index is 12.7. The van der Waals surface area contributed by atoms with Crippen molar-refractivity contribution in [2.75, 3.05) is 25.0 Å². The van der Waals surface area contributed by atoms with Crippen molar-refractivity contribution in [3.8, 4) is 5.75 Å². The average molecular weight is 458 g/mol. The molecule has 1 saturated heterocycles. The predicted octanol–water partition coefficient (Wildman–Crippen LogP) is 4.20. The number of anilines is 1. The molecule has 2 aliphatic rings. The van der Waals surface area contributed by atoms with Gasteiger partial charge in [0.25, 0.3) is 5.91 Å². The molecule has 0 spiro atoms. The van der Waals surface area contributed by atoms with E-state index in [1.807, 2.05) is 24.3 Å². The summed E-state index contributed by atoms with van der Waals surface area (Å²) in [5.74, 6) is 0.115. The molecule has 0 bridgehead atoms. The molecule has 7 nitrogen and oxygen atoms in total. The van der Waals surface area contributed by atoms with Gasteiger partial charge >= 0.3 is 5.97 Å². The second-order valence-electron chi connectivity index (χ2n) is 8.23. The number of amidine groups is 1. The number of piperidine rings is 1. The van der Waals surface area contributed by atoms with Crippen molar-refractivity contribution in [1.29, 1.82) is 5.41 Å². The molecule has 2 aliphatic heterocycles. The Labute approximate surface area is 193 Å². The molecule has 4 rings (SSSR count). The van der Waals surface area contributed by atoms with Crippen molar-refractivity contribution < 1.29 is 19.4 Å². The highest BCUT2D eigenvalue weighted by Gasteiger charge is 2.23. The minimum absolute atomic E-state index is 0. The molecule has 1 fully saturated rings. The van der Waals surface area contributed by atoms with Crippen LogP contribution in [0.4, 0.5) is 5.69 Å². The molecule has 1 atom stereocenters. The first kappa shape index (κ1) is 23.6. The van der Waals surface area contributed by atoms with Crippen LogP contribution in [0.1, 0.15) is 47.2 Å². The summed E-state index contributed by atoms with van der Waals surface area (Å²) < 4.78 is 5.67. The summed E-state index contributed by atoms with van der Waals surface area (Å²) in [5, 5.41) is 20.3. The number of likely N-dealkylation sites (tertiary alicyclic amines) is 1. The zero-order valence-electron chi connectivity index (χ0n) is 17.8. The first-order valence-corrected chi connectivity index (χ1v) is 10.7. The first-order valence-electron chi connectivity index (χ1n) is 10.7. The molecule has 0 radical (unpaired) electrons. The number of carboxylic acid groups (broad SMARTS) is 1. The van der Waals surface area contributed by atoms with E-state index in [4.69, 9.17) is 15.3 Å². The Morgan fingerprint density at radius 1 is 1.06 bits per heavy atom. The van der Waals surface area contributed by atoms with Crippen LogP contribution in [0.25, 0.3) is 0 Å². The van der Waals surface area contributed by atoms with Gasteiger partial charge in [-0.3, -0.25) is 15.0 Å². The summed E-state index contributed by atoms with van der Waals surface area (Å²) >= 11 is 0. The van der Waals surface area contributed by atoms with E-state index in [1.165, 1.54) is 6.42 Å². The topological polar surface area (TPSA) is 103 Å². The number of rotatable bonds is 5. The van der Waals surface area contributed by atoms with Gasteiger partial charge < -0.3 is 20.1 Å². The third-order valence-electron chi connectivity index (χ3n) is 5.86. The summed E-state index contributed by atoms with van der Waals surface area (Å²) in [5.41, 5.74) is 2.89. The van der Waals surface area contributed by atoms with Crippen molar-refractivity contribution in [3.05, 3.63) is 59.2 Å². The normalized spacial score (nSPS) is 17.4. The van der Waals surface area contributed by atoms with Gasteiger partial charge in [0.2, 0.25) is 0 Å². The van der Waals surface area contributed by atoms with Crippen molar-refractivity contribution >= 4 is 35.8 Å². The molecule has 0 aromatic heterocycles. The quantitative estimate of drug-likeness (QED) is 0.461. The molecule has 2 aromatic carbocycles. The zero-order chi connectivity index (χ0) is 21.8. The molecule has 2 heterocycles. The van der Waals surface area contributed by atoms with E-state index in [1.54, 1.807) is 18.2 Å². The van der Waals surface area contributed by atoms with Gasteiger partial charge in [-0.1, -0.05) is 12.1 Å². The second-order valence-corrected chi connectivity index (χ2v) is 8.23. The van der Waals surface area contributed by atoms with Crippen LogP contribution in [0.5, 0.6) is 5.75 Å². The van der Waals surface area contributed by atoms with E-state index >= 15 is 0 Å². The number of fused-ring (bicyclic) bond motifs is 1. The van der Waals surface area contributed by atoms with Crippen LogP contribution in [-0.2, 0) is 11.2 Å². The van der Waals surface area contributed by atoms with E-state index in [0.29, 0.717) is 30.1 Å². The smallest absolute Gasteiger partial charge is 0.303 e. The Balaban J connectivity index is 0.00000289. The molecule has 0 saturated carbocycles. The fraction of sp³-hybridized carbons (Fsp3) is 0.375. The molecular weight excluding hydrogens is 430 g/mol. The number of hydrogen-bond acceptors (Lipinski definition) is 4. The van der Waals surface area contributed by atoms with E-state index in [9.17, 15) is 9.59 Å². The van der Waals surface area contributed by atoms with Crippen molar-refractivity contribution in [3.63, 3.8) is 0 Å². The molecule has 1 unspecified atom stereocenters. The fourth-order valence-electron chi connectivity index (χ4n) is 4.20. The standard InChI is InChI=1S/C24H27N3O4.ClH/c25-23(27-10-2-1-3-11-27)17-4-6-18(7-5-17)24(30)26-20-8-9-21-19(14-20)12-16(15-31-21)13-22(28)29;/h4-9,14,16,25H,1-3,10-13,15H2,(H,26,30)(H,28,29);1H. The fourth-order valence-corrected chi connectivity index (χ4v) is 4.20. The number of halogens is 1. The summed E-state index contributed by atoms with van der Waals surface area (Å²) in [4.78, 5) is 25.8. The molecular formula is C24H28ClN3O4. The van der Waals surface area contributed by atoms with Crippen molar-refractivity contribution in [1.82, 2.24) is 4.90 Å². The lowest BCUT2D eigenvalue weighted by atomic mass is 9.94. The number of ether oxygens (including phenoxy) is 1. The summed E-state index contributed by atoms with van der Waals surface area (Å²) in [6.07, 6.45) is 4.13. The van der Waals surface area contributed by atoms with Crippen molar-refractivity contribution in [2.24, 2.45) is 5.92 Å². The Morgan fingerprint density at radius 3 is 2.44 bits per heavy atom. The largest absolute Gasteiger partial charge is 0.493 e. The van der Waals surface area contributed by atoms with E-state index in [2.05, 4.69) is 10.2 Å². The molecule has 32 heavy (non-hydrogen) atoms. The summed E-state index contributed by atoms with van der Waals surface area (Å²) in [6.45, 7) is 2.22. The maximum atomic E-state index is 12.7. The summed E-state index contributed by atoms with van der Waals surface area (Å²) in [6, 6.07) is 12.6. The predicted molar refractivity (Wildman–Crippen MR) is 125 cm³/mol. The number of benzene rings is 2. The van der Waals surface area contributed by atoms with Gasteiger partial charge in [0.15, 0.2) is 0 Å². The van der Waals surface area contributed by atoms with Crippen LogP contribution in [0, 0.1) is 11.3 Å². The van der Waals surface area contributed by atoms with Gasteiger partial charge in [-0.05, 0) is 61.6 Å². The highest BCUT2D eigenvalue weighted by Crippen LogP contribution is 2.31. The average Bonchev–Trinajstić information content (AvgIpc) is 2.78. The monoisotopic (exact) mass is 457 g/mol. The highest BCUT2D eigenvalue weighted by molar-refractivity contribution is 6.05. The Hall–Kier alpha value is -3.06. The highest BCUT2D eigenvalue weighted by atomic mass is 35.5. The minimum atomic E-state index is -0.835. The summed E-state index contributed by atoms with van der Waals surface area (Å²) in [7, 11) is 0. The Kier molecular flexibility index (Phi) is 7.75. The molecule has 2 aromatic rings.